The fraction of sp³-hybridized carbons (Fsp3) is 0.678. The van der Waals surface area contributed by atoms with E-state index < -0.39 is 16.5 Å². The van der Waals surface area contributed by atoms with Crippen molar-refractivity contribution in [1.29, 1.82) is 0 Å². The van der Waals surface area contributed by atoms with E-state index in [1.807, 2.05) is 171 Å². The number of hydrogen-bond acceptors (Lipinski definition) is 13. The van der Waals surface area contributed by atoms with E-state index in [1.54, 1.807) is 52.0 Å². The maximum Gasteiger partial charge on any atom is 0.330 e. The Labute approximate surface area is 632 Å². The predicted octanol–water partition coefficient (Wildman–Crippen LogP) is 23.1. The van der Waals surface area contributed by atoms with Crippen LogP contribution < -0.4 is 5.32 Å². The van der Waals surface area contributed by atoms with E-state index in [1.165, 1.54) is 25.5 Å². The number of nitrogens with zero attached hydrogens (tertiary/aromatic N) is 1. The number of hydrogen-bond donors (Lipinski definition) is 1. The molecule has 1 amide bonds. The van der Waals surface area contributed by atoms with Crippen molar-refractivity contribution < 1.29 is 61.4 Å². The molecule has 0 saturated heterocycles. The van der Waals surface area contributed by atoms with E-state index in [0.29, 0.717) is 37.2 Å². The summed E-state index contributed by atoms with van der Waals surface area (Å²) in [6, 6.07) is 0. The molecule has 0 bridgehead atoms. The molecule has 0 spiro atoms. The number of Topliss-reactive ketones (excluding diaryl/α,β-unsaturated/α-hetero) is 3. The van der Waals surface area contributed by atoms with Gasteiger partial charge in [-0.15, -0.1) is 0 Å². The zero-order chi connectivity index (χ0) is 83.9. The summed E-state index contributed by atoms with van der Waals surface area (Å²) in [4.78, 5) is 104. The number of nitrogens with one attached hydrogen (secondary N) is 1. The molecule has 1 aliphatic rings. The van der Waals surface area contributed by atoms with E-state index in [2.05, 4.69) is 117 Å². The van der Waals surface area contributed by atoms with Crippen molar-refractivity contribution in [2.45, 2.75) is 320 Å². The molecule has 13 nitrogen and oxygen atoms in total. The van der Waals surface area contributed by atoms with Crippen LogP contribution in [0, 0.1) is 71.8 Å². The third-order valence-corrected chi connectivity index (χ3v) is 14.5. The van der Waals surface area contributed by atoms with Gasteiger partial charge < -0.3 is 14.8 Å². The lowest BCUT2D eigenvalue weighted by atomic mass is 9.66. The van der Waals surface area contributed by atoms with Gasteiger partial charge in [0.2, 0.25) is 5.78 Å². The van der Waals surface area contributed by atoms with Gasteiger partial charge in [-0.1, -0.05) is 212 Å². The number of thiazole rings is 1. The zero-order valence-corrected chi connectivity index (χ0v) is 73.6. The smallest absolute Gasteiger partial charge is 0.330 e. The molecule has 1 atom stereocenters. The van der Waals surface area contributed by atoms with Gasteiger partial charge in [0.15, 0.2) is 34.7 Å². The summed E-state index contributed by atoms with van der Waals surface area (Å²) in [5.41, 5.74) is 2.85. The number of esters is 1. The summed E-state index contributed by atoms with van der Waals surface area (Å²) in [7, 11) is 1.34. The molecule has 16 heteroatoms. The number of methoxy groups -OCH3 is 1. The van der Waals surface area contributed by atoms with Crippen LogP contribution in [-0.4, -0.2) is 82.2 Å². The van der Waals surface area contributed by atoms with Gasteiger partial charge in [0.25, 0.3) is 11.2 Å². The molecule has 1 aromatic heterocycles. The first-order valence-electron chi connectivity index (χ1n) is 35.6. The summed E-state index contributed by atoms with van der Waals surface area (Å²) in [6.45, 7) is 82.6. The van der Waals surface area contributed by atoms with Crippen molar-refractivity contribution >= 4 is 63.7 Å². The van der Waals surface area contributed by atoms with Crippen LogP contribution in [-0.2, 0) is 47.8 Å². The van der Waals surface area contributed by atoms with Crippen molar-refractivity contribution in [2.24, 2.45) is 54.7 Å². The molecule has 592 valence electrons. The summed E-state index contributed by atoms with van der Waals surface area (Å²) in [5.74, 6) is 5.82. The Morgan fingerprint density at radius 1 is 0.641 bits per heavy atom. The van der Waals surface area contributed by atoms with Crippen molar-refractivity contribution in [3.05, 3.63) is 99.6 Å². The molecule has 0 fully saturated rings. The highest BCUT2D eigenvalue weighted by atomic mass is 32.1. The highest BCUT2D eigenvalue weighted by Gasteiger charge is 2.38. The van der Waals surface area contributed by atoms with Crippen molar-refractivity contribution in [3.8, 4) is 11.8 Å². The van der Waals surface area contributed by atoms with Crippen LogP contribution in [0.4, 0.5) is 8.78 Å². The van der Waals surface area contributed by atoms with Crippen molar-refractivity contribution in [1.82, 2.24) is 10.3 Å². The lowest BCUT2D eigenvalue weighted by molar-refractivity contribution is -0.135. The molecule has 1 aromatic rings. The largest absolute Gasteiger partial charge is 0.466 e. The Morgan fingerprint density at radius 3 is 1.32 bits per heavy atom. The first-order valence-corrected chi connectivity index (χ1v) is 36.5. The molecule has 2 rings (SSSR count). The molecule has 0 aliphatic heterocycles. The molecular weight excluding hydrogens is 1320 g/mol. The van der Waals surface area contributed by atoms with Crippen molar-refractivity contribution in [2.75, 3.05) is 13.7 Å². The fourth-order valence-corrected chi connectivity index (χ4v) is 7.03. The SMILES string of the molecule is C/C(F)=C/C(=O)C(C)(C)C.C/C=C(\C)C(=O)CC(C)(C)C.C=C(C)C(=O)CC(C)(C)C.CC(C)(C)C#CC(=O)CCC(C)(C)C.CC(C)(C)C1CC=CC1=O.CC(C)(C)NC(=O)c1csc(F)n1.CC(C)=CC(=O)C(C)(C)C.CC(C)=CC(=O)C(C)(C)C(C)(C)C.COC(=O)/C=C/COC(C)(C)C. The van der Waals surface area contributed by atoms with Gasteiger partial charge in [-0.25, -0.2) is 14.2 Å². The Hall–Kier alpha value is -6.18. The van der Waals surface area contributed by atoms with Crippen LogP contribution in [0.3, 0.4) is 0 Å². The number of aromatic nitrogens is 1. The predicted molar refractivity (Wildman–Crippen MR) is 432 cm³/mol. The standard InChI is InChI=1S/C13H22O.C12H22O.C10H18O.C9H16O3.C9H14O.2C9H16O.C8H11FN2OS.C8H13FO/c1-12(2,3)9-7-11(14)8-10-13(4,5)6;1-9(2)8-10(13)12(6,7)11(3,4)5;1-6-8(2)9(11)7-10(3,4)5;1-9(2,3)12-7-5-6-8(10)11-4;1-9(2,3)7-5-4-6-8(7)10;1-7(2)8(10)6-9(3,4)5;1-7(2)6-8(10)9(3,4)5;1-8(2,3)11-6(12)5-4-13-7(9)10-5;1-6(9)5-7(10)8(2,3)4/h7,9H2,1-6H3;8H,1-7H3;6H,7H2,1-5H3;5-6H,7H2,1-4H3;4,6-7H,5H2,1-3H3;1,6H2,2-5H3;6H,1-5H3;4H,1-3H3,(H,11,12);5H,1-4H3/b;;8-6+;6-5+;;;;;6-5-. The van der Waals surface area contributed by atoms with Gasteiger partial charge >= 0.3 is 5.97 Å². The fourth-order valence-electron chi connectivity index (χ4n) is 6.52. The molecule has 1 unspecified atom stereocenters. The lowest BCUT2D eigenvalue weighted by Crippen LogP contribution is -2.40. The second kappa shape index (κ2) is 48.8. The Bertz CT molecular complexity index is 3040. The maximum atomic E-state index is 12.4. The Morgan fingerprint density at radius 2 is 1.07 bits per heavy atom. The molecule has 1 aliphatic carbocycles. The zero-order valence-electron chi connectivity index (χ0n) is 72.8. The molecule has 0 aromatic carbocycles. The summed E-state index contributed by atoms with van der Waals surface area (Å²) in [6.07, 6.45) is 16.7. The van der Waals surface area contributed by atoms with Gasteiger partial charge in [0.05, 0.1) is 19.3 Å². The summed E-state index contributed by atoms with van der Waals surface area (Å²) >= 11 is 0.820. The van der Waals surface area contributed by atoms with Crippen LogP contribution in [0.5, 0.6) is 0 Å². The van der Waals surface area contributed by atoms with E-state index in [4.69, 9.17) is 4.74 Å². The van der Waals surface area contributed by atoms with E-state index in [0.717, 1.165) is 47.0 Å². The number of rotatable bonds is 14. The minimum Gasteiger partial charge on any atom is -0.466 e. The number of carbonyl (C=O) groups excluding carboxylic acids is 9. The second-order valence-electron chi connectivity index (χ2n) is 37.7. The monoisotopic (exact) mass is 1470 g/mol. The third kappa shape index (κ3) is 71.2. The van der Waals surface area contributed by atoms with Gasteiger partial charge in [-0.3, -0.25) is 38.4 Å². The van der Waals surface area contributed by atoms with Crippen LogP contribution in [0.25, 0.3) is 0 Å². The number of allylic oxidation sites excluding steroid dienone is 11. The first-order chi connectivity index (χ1) is 45.4. The average Bonchev–Trinajstić information content (AvgIpc) is 1.37. The number of amides is 1. The molecule has 1 N–H and O–H groups in total. The van der Waals surface area contributed by atoms with Gasteiger partial charge in [-0.2, -0.15) is 4.39 Å². The molecule has 0 saturated carbocycles. The van der Waals surface area contributed by atoms with Crippen molar-refractivity contribution in [3.63, 3.8) is 0 Å². The average molecular weight is 1470 g/mol. The minimum absolute atomic E-state index is 0.00995. The number of ketones is 7. The minimum atomic E-state index is -0.584. The summed E-state index contributed by atoms with van der Waals surface area (Å²) < 4.78 is 34.3. The van der Waals surface area contributed by atoms with Gasteiger partial charge in [0, 0.05) is 69.9 Å². The lowest BCUT2D eigenvalue weighted by Gasteiger charge is -2.36. The normalized spacial score (nSPS) is 13.4. The molecule has 0 radical (unpaired) electrons. The Kier molecular flexibility index (Phi) is 52.2. The van der Waals surface area contributed by atoms with Crippen LogP contribution in [0.15, 0.2) is 88.7 Å². The quantitative estimate of drug-likeness (QED) is 0.0802. The third-order valence-electron chi connectivity index (χ3n) is 13.9. The van der Waals surface area contributed by atoms with Gasteiger partial charge in [0.1, 0.15) is 11.5 Å². The number of halogens is 2. The highest BCUT2D eigenvalue weighted by Crippen LogP contribution is 2.39. The highest BCUT2D eigenvalue weighted by molar-refractivity contribution is 7.08. The number of carbonyl (C=O) groups is 9. The summed E-state index contributed by atoms with van der Waals surface area (Å²) in [5, 5.41) is 3.50. The molecular formula is C87H148F2N2O11S. The van der Waals surface area contributed by atoms with E-state index in [-0.39, 0.29) is 113 Å². The van der Waals surface area contributed by atoms with E-state index >= 15 is 0 Å². The molecule has 103 heavy (non-hydrogen) atoms. The maximum absolute atomic E-state index is 12.4. The second-order valence-corrected chi connectivity index (χ2v) is 38.5. The van der Waals surface area contributed by atoms with E-state index in [9.17, 15) is 51.9 Å². The first kappa shape index (κ1) is 110. The van der Waals surface area contributed by atoms with Gasteiger partial charge in [-0.05, 0) is 193 Å². The topological polar surface area (TPSA) is 197 Å². The Balaban J connectivity index is -0.000000202. The van der Waals surface area contributed by atoms with Crippen LogP contribution >= 0.6 is 11.3 Å². The molecule has 1 heterocycles. The van der Waals surface area contributed by atoms with Crippen LogP contribution in [0.2, 0.25) is 0 Å². The number of ether oxygens (including phenoxy) is 2. The van der Waals surface area contributed by atoms with Crippen LogP contribution in [0.1, 0.15) is 320 Å².